The molecule has 2 aromatic rings. The Morgan fingerprint density at radius 1 is 0.893 bits per heavy atom. The van der Waals surface area contributed by atoms with E-state index in [1.165, 1.54) is 0 Å². The van der Waals surface area contributed by atoms with E-state index in [9.17, 15) is 18.0 Å². The van der Waals surface area contributed by atoms with Crippen molar-refractivity contribution in [3.63, 3.8) is 0 Å². The number of carboxylic acid groups (broad SMARTS) is 1. The number of Topliss-reactive ketones (excluding diaryl/α,β-unsaturated/α-hetero) is 1. The number of carboxylic acids is 1. The van der Waals surface area contributed by atoms with E-state index in [4.69, 9.17) is 16.7 Å². The Bertz CT molecular complexity index is 909. The molecule has 0 heterocycles. The van der Waals surface area contributed by atoms with Gasteiger partial charge in [-0.15, -0.1) is 0 Å². The van der Waals surface area contributed by atoms with Crippen molar-refractivity contribution >= 4 is 33.4 Å². The minimum Gasteiger partial charge on any atom is -0.481 e. The Kier molecular flexibility index (Phi) is 8.17. The first kappa shape index (κ1) is 22.1. The zero-order valence-electron chi connectivity index (χ0n) is 15.2. The van der Waals surface area contributed by atoms with E-state index in [0.717, 1.165) is 11.1 Å². The van der Waals surface area contributed by atoms with Gasteiger partial charge in [0.15, 0.2) is 5.78 Å². The van der Waals surface area contributed by atoms with Gasteiger partial charge in [0.25, 0.3) is 0 Å². The third-order valence-corrected chi connectivity index (χ3v) is 5.79. The molecule has 8 heteroatoms. The SMILES string of the molecule is O=C(O)CCC(=O)c1ccc(CCNS(=O)(=O)CCc2ccc(Cl)cc2)cc1. The Morgan fingerprint density at radius 2 is 1.46 bits per heavy atom. The maximum atomic E-state index is 12.1. The Labute approximate surface area is 169 Å². The van der Waals surface area contributed by atoms with Crippen LogP contribution in [-0.4, -0.2) is 37.6 Å². The molecule has 0 bridgehead atoms. The fourth-order valence-electron chi connectivity index (χ4n) is 2.55. The molecule has 0 aliphatic heterocycles. The number of aliphatic carboxylic acids is 1. The van der Waals surface area contributed by atoms with Gasteiger partial charge in [0.1, 0.15) is 0 Å². The van der Waals surface area contributed by atoms with Crippen molar-refractivity contribution in [2.24, 2.45) is 0 Å². The van der Waals surface area contributed by atoms with Crippen LogP contribution in [0.1, 0.15) is 34.3 Å². The predicted octanol–water partition coefficient (Wildman–Crippen LogP) is 3.09. The fourth-order valence-corrected chi connectivity index (χ4v) is 3.74. The maximum absolute atomic E-state index is 12.1. The van der Waals surface area contributed by atoms with E-state index in [1.807, 2.05) is 0 Å². The van der Waals surface area contributed by atoms with Gasteiger partial charge < -0.3 is 5.11 Å². The molecule has 0 aliphatic rings. The molecule has 0 saturated carbocycles. The molecule has 28 heavy (non-hydrogen) atoms. The number of ketones is 1. The summed E-state index contributed by atoms with van der Waals surface area (Å²) in [4.78, 5) is 22.4. The average Bonchev–Trinajstić information content (AvgIpc) is 2.66. The summed E-state index contributed by atoms with van der Waals surface area (Å²) in [5.74, 6) is -1.24. The largest absolute Gasteiger partial charge is 0.481 e. The number of carbonyl (C=O) groups excluding carboxylic acids is 1. The van der Waals surface area contributed by atoms with E-state index in [1.54, 1.807) is 48.5 Å². The molecule has 0 aliphatic carbocycles. The number of halogens is 1. The highest BCUT2D eigenvalue weighted by Gasteiger charge is 2.11. The lowest BCUT2D eigenvalue weighted by Crippen LogP contribution is -2.29. The summed E-state index contributed by atoms with van der Waals surface area (Å²) < 4.78 is 26.8. The van der Waals surface area contributed by atoms with Gasteiger partial charge in [0.2, 0.25) is 10.0 Å². The van der Waals surface area contributed by atoms with Crippen molar-refractivity contribution in [2.75, 3.05) is 12.3 Å². The molecular weight excluding hydrogens is 402 g/mol. The molecule has 0 aromatic heterocycles. The summed E-state index contributed by atoms with van der Waals surface area (Å²) >= 11 is 5.81. The smallest absolute Gasteiger partial charge is 0.303 e. The zero-order valence-corrected chi connectivity index (χ0v) is 16.8. The number of nitrogens with one attached hydrogen (secondary N) is 1. The van der Waals surface area contributed by atoms with Gasteiger partial charge in [-0.25, -0.2) is 13.1 Å². The summed E-state index contributed by atoms with van der Waals surface area (Å²) in [6.45, 7) is 0.259. The highest BCUT2D eigenvalue weighted by Crippen LogP contribution is 2.11. The van der Waals surface area contributed by atoms with E-state index in [0.29, 0.717) is 23.4 Å². The summed E-state index contributed by atoms with van der Waals surface area (Å²) in [6.07, 6.45) is 0.657. The van der Waals surface area contributed by atoms with Crippen LogP contribution in [0.4, 0.5) is 0 Å². The van der Waals surface area contributed by atoms with Crippen LogP contribution in [0.3, 0.4) is 0 Å². The quantitative estimate of drug-likeness (QED) is 0.541. The van der Waals surface area contributed by atoms with Crippen LogP contribution in [0.5, 0.6) is 0 Å². The van der Waals surface area contributed by atoms with Crippen molar-refractivity contribution < 1.29 is 23.1 Å². The third kappa shape index (κ3) is 7.80. The molecule has 0 spiro atoms. The van der Waals surface area contributed by atoms with Gasteiger partial charge in [-0.05, 0) is 36.1 Å². The van der Waals surface area contributed by atoms with E-state index in [-0.39, 0.29) is 30.9 Å². The van der Waals surface area contributed by atoms with Gasteiger partial charge in [0.05, 0.1) is 12.2 Å². The maximum Gasteiger partial charge on any atom is 0.303 e. The summed E-state index contributed by atoms with van der Waals surface area (Å²) in [6, 6.07) is 13.8. The van der Waals surface area contributed by atoms with E-state index < -0.39 is 16.0 Å². The monoisotopic (exact) mass is 423 g/mol. The van der Waals surface area contributed by atoms with Crippen molar-refractivity contribution in [1.29, 1.82) is 0 Å². The van der Waals surface area contributed by atoms with Crippen LogP contribution in [0.15, 0.2) is 48.5 Å². The number of aryl methyl sites for hydroxylation is 1. The second-order valence-electron chi connectivity index (χ2n) is 6.35. The molecule has 2 N–H and O–H groups in total. The van der Waals surface area contributed by atoms with E-state index in [2.05, 4.69) is 4.72 Å². The lowest BCUT2D eigenvalue weighted by molar-refractivity contribution is -0.136. The highest BCUT2D eigenvalue weighted by molar-refractivity contribution is 7.89. The first-order valence-electron chi connectivity index (χ1n) is 8.81. The van der Waals surface area contributed by atoms with Gasteiger partial charge in [-0.3, -0.25) is 9.59 Å². The number of carbonyl (C=O) groups is 2. The van der Waals surface area contributed by atoms with Crippen molar-refractivity contribution in [1.82, 2.24) is 4.72 Å². The van der Waals surface area contributed by atoms with Crippen molar-refractivity contribution in [3.05, 3.63) is 70.2 Å². The number of sulfonamides is 1. The van der Waals surface area contributed by atoms with E-state index >= 15 is 0 Å². The van der Waals surface area contributed by atoms with Crippen molar-refractivity contribution in [3.8, 4) is 0 Å². The molecule has 2 aromatic carbocycles. The average molecular weight is 424 g/mol. The standard InChI is InChI=1S/C20H22ClNO5S/c21-18-7-3-16(4-8-18)12-14-28(26,27)22-13-11-15-1-5-17(6-2-15)19(23)9-10-20(24)25/h1-8,22H,9-14H2,(H,24,25). The van der Waals surface area contributed by atoms with Crippen LogP contribution < -0.4 is 4.72 Å². The number of hydrogen-bond acceptors (Lipinski definition) is 4. The van der Waals surface area contributed by atoms with Crippen LogP contribution in [0.25, 0.3) is 0 Å². The second-order valence-corrected chi connectivity index (χ2v) is 8.72. The number of benzene rings is 2. The van der Waals surface area contributed by atoms with Gasteiger partial charge in [-0.2, -0.15) is 0 Å². The van der Waals surface area contributed by atoms with Crippen LogP contribution in [-0.2, 0) is 27.7 Å². The Balaban J connectivity index is 1.77. The summed E-state index contributed by atoms with van der Waals surface area (Å²) in [5.41, 5.74) is 2.24. The van der Waals surface area contributed by atoms with Gasteiger partial charge in [-0.1, -0.05) is 48.0 Å². The topological polar surface area (TPSA) is 101 Å². The highest BCUT2D eigenvalue weighted by atomic mass is 35.5. The van der Waals surface area contributed by atoms with Crippen LogP contribution in [0, 0.1) is 0 Å². The minimum atomic E-state index is -3.39. The van der Waals surface area contributed by atoms with Gasteiger partial charge >= 0.3 is 5.97 Å². The molecule has 0 amide bonds. The van der Waals surface area contributed by atoms with Crippen LogP contribution >= 0.6 is 11.6 Å². The van der Waals surface area contributed by atoms with Crippen LogP contribution in [0.2, 0.25) is 5.02 Å². The fraction of sp³-hybridized carbons (Fsp3) is 0.300. The zero-order chi connectivity index (χ0) is 20.6. The lowest BCUT2D eigenvalue weighted by Gasteiger charge is -2.08. The molecule has 0 saturated heterocycles. The number of hydrogen-bond donors (Lipinski definition) is 2. The second kappa shape index (κ2) is 10.4. The lowest BCUT2D eigenvalue weighted by atomic mass is 10.0. The summed E-state index contributed by atoms with van der Waals surface area (Å²) in [7, 11) is -3.39. The third-order valence-electron chi connectivity index (χ3n) is 4.15. The van der Waals surface area contributed by atoms with Gasteiger partial charge in [0, 0.05) is 23.6 Å². The first-order valence-corrected chi connectivity index (χ1v) is 10.8. The molecule has 0 fully saturated rings. The molecule has 0 unspecified atom stereocenters. The molecular formula is C20H22ClNO5S. The molecule has 2 rings (SSSR count). The van der Waals surface area contributed by atoms with Crippen molar-refractivity contribution in [2.45, 2.75) is 25.7 Å². The molecule has 0 atom stereocenters. The Hall–Kier alpha value is -2.22. The molecule has 6 nitrogen and oxygen atoms in total. The molecule has 150 valence electrons. The number of rotatable bonds is 11. The summed E-state index contributed by atoms with van der Waals surface area (Å²) in [5, 5.41) is 9.23. The predicted molar refractivity (Wildman–Crippen MR) is 108 cm³/mol. The normalized spacial score (nSPS) is 11.3. The Morgan fingerprint density at radius 3 is 2.07 bits per heavy atom. The minimum absolute atomic E-state index is 0.00828. The molecule has 0 radical (unpaired) electrons. The first-order chi connectivity index (χ1) is 13.2.